The maximum Gasteiger partial charge on any atom is 0.204 e. The van der Waals surface area contributed by atoms with Crippen molar-refractivity contribution in [3.8, 4) is 46.0 Å². The van der Waals surface area contributed by atoms with E-state index in [1.54, 1.807) is 0 Å². The minimum Gasteiger partial charge on any atom is -0.504 e. The quantitative estimate of drug-likeness (QED) is 0.354. The molecule has 0 aliphatic heterocycles. The first-order chi connectivity index (χ1) is 16.0. The summed E-state index contributed by atoms with van der Waals surface area (Å²) in [6, 6.07) is 3.01. The summed E-state index contributed by atoms with van der Waals surface area (Å²) in [7, 11) is 0. The molecule has 0 fully saturated rings. The van der Waals surface area contributed by atoms with Crippen molar-refractivity contribution >= 4 is 11.8 Å². The fraction of sp³-hybridized carbons (Fsp3) is 0.500. The molecule has 2 N–H and O–H groups in total. The minimum atomic E-state index is -0.0797. The molecule has 0 bridgehead atoms. The Morgan fingerprint density at radius 1 is 0.515 bits per heavy atom. The summed E-state index contributed by atoms with van der Waals surface area (Å²) in [4.78, 5) is 1.16. The van der Waals surface area contributed by atoms with Crippen LogP contribution in [0.4, 0.5) is 0 Å². The topological polar surface area (TPSA) is 95.8 Å². The number of rotatable bonds is 14. The minimum absolute atomic E-state index is 0.0797. The Morgan fingerprint density at radius 2 is 0.818 bits per heavy atom. The number of phenols is 2. The van der Waals surface area contributed by atoms with E-state index < -0.39 is 0 Å². The van der Waals surface area contributed by atoms with Gasteiger partial charge in [0.25, 0.3) is 0 Å². The lowest BCUT2D eigenvalue weighted by Crippen LogP contribution is -2.05. The molecule has 9 heteroatoms. The molecule has 33 heavy (non-hydrogen) atoms. The maximum atomic E-state index is 10.6. The summed E-state index contributed by atoms with van der Waals surface area (Å²) in [5.41, 5.74) is 0. The third-order valence-electron chi connectivity index (χ3n) is 4.23. The van der Waals surface area contributed by atoms with Gasteiger partial charge in [0.05, 0.1) is 39.6 Å². The Balaban J connectivity index is 2.83. The van der Waals surface area contributed by atoms with Crippen LogP contribution < -0.4 is 28.4 Å². The molecule has 8 nitrogen and oxygen atoms in total. The van der Waals surface area contributed by atoms with Gasteiger partial charge in [-0.1, -0.05) is 11.8 Å². The van der Waals surface area contributed by atoms with Crippen LogP contribution in [0.2, 0.25) is 0 Å². The van der Waals surface area contributed by atoms with Gasteiger partial charge >= 0.3 is 0 Å². The van der Waals surface area contributed by atoms with Crippen LogP contribution in [-0.4, -0.2) is 49.9 Å². The highest BCUT2D eigenvalue weighted by Crippen LogP contribution is 2.57. The van der Waals surface area contributed by atoms with E-state index in [-0.39, 0.29) is 23.0 Å². The van der Waals surface area contributed by atoms with Crippen molar-refractivity contribution in [2.24, 2.45) is 0 Å². The van der Waals surface area contributed by atoms with Gasteiger partial charge in [-0.15, -0.1) is 0 Å². The van der Waals surface area contributed by atoms with E-state index in [1.807, 2.05) is 41.5 Å². The van der Waals surface area contributed by atoms with Crippen molar-refractivity contribution in [1.82, 2.24) is 0 Å². The molecular weight excluding hydrogens is 448 g/mol. The Morgan fingerprint density at radius 3 is 1.12 bits per heavy atom. The summed E-state index contributed by atoms with van der Waals surface area (Å²) in [6.07, 6.45) is 0. The molecule has 0 radical (unpaired) electrons. The van der Waals surface area contributed by atoms with Gasteiger partial charge in [0.2, 0.25) is 11.5 Å². The van der Waals surface area contributed by atoms with Crippen molar-refractivity contribution in [2.45, 2.75) is 51.3 Å². The molecule has 0 saturated carbocycles. The number of benzene rings is 2. The second-order valence-corrected chi connectivity index (χ2v) is 7.48. The van der Waals surface area contributed by atoms with E-state index in [0.717, 1.165) is 0 Å². The molecule has 0 atom stereocenters. The van der Waals surface area contributed by atoms with Gasteiger partial charge in [0.1, 0.15) is 21.3 Å². The van der Waals surface area contributed by atoms with Crippen LogP contribution in [0.15, 0.2) is 21.9 Å². The smallest absolute Gasteiger partial charge is 0.204 e. The van der Waals surface area contributed by atoms with Crippen LogP contribution in [0.1, 0.15) is 41.5 Å². The maximum absolute atomic E-state index is 10.6. The third-order valence-corrected chi connectivity index (χ3v) is 5.41. The largest absolute Gasteiger partial charge is 0.504 e. The molecule has 2 aromatic carbocycles. The van der Waals surface area contributed by atoms with Crippen LogP contribution in [0.3, 0.4) is 0 Å². The second-order valence-electron chi connectivity index (χ2n) is 6.46. The summed E-state index contributed by atoms with van der Waals surface area (Å²) in [5, 5.41) is 21.2. The van der Waals surface area contributed by atoms with Gasteiger partial charge in [0.15, 0.2) is 23.0 Å². The fourth-order valence-corrected chi connectivity index (χ4v) is 4.24. The molecule has 0 aromatic heterocycles. The van der Waals surface area contributed by atoms with Crippen LogP contribution in [-0.2, 0) is 0 Å². The molecule has 0 heterocycles. The van der Waals surface area contributed by atoms with E-state index >= 15 is 0 Å². The summed E-state index contributed by atoms with van der Waals surface area (Å²) >= 11 is 1.27. The SMILES string of the molecule is CCOc1cc(O)c(OCC)c(OCC)c1Sc1c(OCC)cc(O)c(OCC)c1OCC. The standard InChI is InChI=1S/C24H34O8S/c1-7-27-17-13-15(25)19(29-9-3)21(31-11-5)23(17)33-24-18(28-8-2)14-16(26)20(30-10-4)22(24)32-12-6/h13-14,25-26H,7-12H2,1-6H3. The Hall–Kier alpha value is -2.81. The number of aromatic hydroxyl groups is 2. The number of hydrogen-bond donors (Lipinski definition) is 2. The number of phenolic OH excluding ortho intramolecular Hbond substituents is 2. The predicted molar refractivity (Wildman–Crippen MR) is 127 cm³/mol. The number of hydrogen-bond acceptors (Lipinski definition) is 9. The monoisotopic (exact) mass is 482 g/mol. The van der Waals surface area contributed by atoms with Crippen LogP contribution in [0.25, 0.3) is 0 Å². The Labute approximate surface area is 199 Å². The van der Waals surface area contributed by atoms with Gasteiger partial charge in [-0.2, -0.15) is 0 Å². The van der Waals surface area contributed by atoms with Crippen molar-refractivity contribution in [2.75, 3.05) is 39.6 Å². The van der Waals surface area contributed by atoms with E-state index in [2.05, 4.69) is 0 Å². The second kappa shape index (κ2) is 13.0. The van der Waals surface area contributed by atoms with E-state index in [1.165, 1.54) is 23.9 Å². The molecule has 2 aromatic rings. The highest BCUT2D eigenvalue weighted by atomic mass is 32.2. The molecule has 0 spiro atoms. The van der Waals surface area contributed by atoms with Gasteiger partial charge in [0, 0.05) is 12.1 Å². The average Bonchev–Trinajstić information content (AvgIpc) is 2.78. The van der Waals surface area contributed by atoms with Gasteiger partial charge in [-0.3, -0.25) is 0 Å². The predicted octanol–water partition coefficient (Wildman–Crippen LogP) is 5.64. The number of ether oxygens (including phenoxy) is 6. The van der Waals surface area contributed by atoms with E-state index in [4.69, 9.17) is 28.4 Å². The summed E-state index contributed by atoms with van der Waals surface area (Å²) in [6.45, 7) is 13.2. The normalized spacial score (nSPS) is 10.6. The first-order valence-electron chi connectivity index (χ1n) is 11.2. The molecule has 0 aliphatic rings. The zero-order chi connectivity index (χ0) is 24.4. The zero-order valence-corrected chi connectivity index (χ0v) is 21.0. The van der Waals surface area contributed by atoms with Crippen molar-refractivity contribution in [3.63, 3.8) is 0 Å². The lowest BCUT2D eigenvalue weighted by atomic mass is 10.2. The van der Waals surface area contributed by atoms with Gasteiger partial charge < -0.3 is 38.6 Å². The average molecular weight is 483 g/mol. The molecule has 0 saturated heterocycles. The summed E-state index contributed by atoms with van der Waals surface area (Å²) in [5.74, 6) is 1.83. The fourth-order valence-electron chi connectivity index (χ4n) is 3.11. The zero-order valence-electron chi connectivity index (χ0n) is 20.1. The molecule has 0 amide bonds. The summed E-state index contributed by atoms with van der Waals surface area (Å²) < 4.78 is 34.9. The van der Waals surface area contributed by atoms with Crippen molar-refractivity contribution < 1.29 is 38.6 Å². The van der Waals surface area contributed by atoms with Crippen molar-refractivity contribution in [3.05, 3.63) is 12.1 Å². The van der Waals surface area contributed by atoms with Crippen LogP contribution in [0, 0.1) is 0 Å². The van der Waals surface area contributed by atoms with Gasteiger partial charge in [-0.05, 0) is 41.5 Å². The van der Waals surface area contributed by atoms with Crippen LogP contribution >= 0.6 is 11.8 Å². The molecule has 0 unspecified atom stereocenters. The first-order valence-corrected chi connectivity index (χ1v) is 12.0. The van der Waals surface area contributed by atoms with E-state index in [9.17, 15) is 10.2 Å². The molecule has 2 rings (SSSR count). The highest BCUT2D eigenvalue weighted by Gasteiger charge is 2.28. The van der Waals surface area contributed by atoms with Crippen LogP contribution in [0.5, 0.6) is 46.0 Å². The van der Waals surface area contributed by atoms with E-state index in [0.29, 0.717) is 72.4 Å². The Bertz CT molecular complexity index is 843. The highest BCUT2D eigenvalue weighted by molar-refractivity contribution is 7.99. The first kappa shape index (κ1) is 26.4. The van der Waals surface area contributed by atoms with Gasteiger partial charge in [-0.25, -0.2) is 0 Å². The molecular formula is C24H34O8S. The Kier molecular flexibility index (Phi) is 10.4. The molecule has 184 valence electrons. The molecule has 0 aliphatic carbocycles. The lowest BCUT2D eigenvalue weighted by Gasteiger charge is -2.22. The van der Waals surface area contributed by atoms with Crippen molar-refractivity contribution in [1.29, 1.82) is 0 Å². The third kappa shape index (κ3) is 6.16. The lowest BCUT2D eigenvalue weighted by molar-refractivity contribution is 0.259.